The van der Waals surface area contributed by atoms with Crippen molar-refractivity contribution in [3.63, 3.8) is 0 Å². The number of hydrogen-bond acceptors (Lipinski definition) is 11. The number of H-pyrrole nitrogens is 2. The summed E-state index contributed by atoms with van der Waals surface area (Å²) in [5.41, 5.74) is 10.9. The van der Waals surface area contributed by atoms with Gasteiger partial charge in [0.15, 0.2) is 6.10 Å². The molecule has 0 radical (unpaired) electrons. The molecule has 9 aromatic rings. The van der Waals surface area contributed by atoms with Gasteiger partial charge in [-0.25, -0.2) is 9.97 Å². The van der Waals surface area contributed by atoms with Crippen molar-refractivity contribution in [1.82, 2.24) is 50.8 Å². The fourth-order valence-corrected chi connectivity index (χ4v) is 9.27. The Balaban J connectivity index is 0.764. The van der Waals surface area contributed by atoms with Crippen molar-refractivity contribution in [2.45, 2.75) is 64.5 Å². The van der Waals surface area contributed by atoms with Crippen molar-refractivity contribution >= 4 is 50.9 Å². The van der Waals surface area contributed by atoms with Crippen LogP contribution in [0.15, 0.2) is 127 Å². The van der Waals surface area contributed by atoms with E-state index in [9.17, 15) is 14.4 Å². The predicted molar refractivity (Wildman–Crippen MR) is 261 cm³/mol. The van der Waals surface area contributed by atoms with Crippen LogP contribution in [0.1, 0.15) is 70.6 Å². The molecule has 0 saturated carbocycles. The van der Waals surface area contributed by atoms with Gasteiger partial charge in [-0.2, -0.15) is 5.21 Å². The number of rotatable bonds is 16. The van der Waals surface area contributed by atoms with Gasteiger partial charge in [-0.15, -0.1) is 10.2 Å². The standard InChI is InChI=1S/C52H46N10O5S/c1-4-7-46-56-47-30(2)24-36(26-44(47)62(46)29-34-10-16-35(17-11-34)40-8-5-6-9-41(40)49-58-60-61-59-49)50(63)53-28-33-14-20-38(21-15-33)67-39-22-23-42-43(27-39)55-48(54-42)31(3)66-37-18-12-32(13-19-37)25-45-51(64)57-52(65)68-45/h5-6,8-24,26-27,31,45H,4,7,25,28-29H2,1-3H3,(H,53,63)(H,54,55)(H,57,64,65)(H,58,59,60,61). The molecule has 0 spiro atoms. The van der Waals surface area contributed by atoms with E-state index in [4.69, 9.17) is 19.4 Å². The van der Waals surface area contributed by atoms with Gasteiger partial charge in [0.2, 0.25) is 11.7 Å². The Hall–Kier alpha value is -8.11. The van der Waals surface area contributed by atoms with Crippen LogP contribution in [0, 0.1) is 6.92 Å². The number of benzene rings is 6. The minimum atomic E-state index is -0.419. The second-order valence-electron chi connectivity index (χ2n) is 16.7. The maximum Gasteiger partial charge on any atom is 0.286 e. The lowest BCUT2D eigenvalue weighted by Gasteiger charge is -2.13. The number of aromatic amines is 2. The van der Waals surface area contributed by atoms with Crippen LogP contribution in [-0.2, 0) is 30.7 Å². The number of tetrazole rings is 1. The molecule has 2 atom stereocenters. The molecule has 1 aliphatic heterocycles. The lowest BCUT2D eigenvalue weighted by molar-refractivity contribution is -0.118. The van der Waals surface area contributed by atoms with Crippen molar-refractivity contribution in [3.8, 4) is 39.8 Å². The van der Waals surface area contributed by atoms with Crippen molar-refractivity contribution < 1.29 is 23.9 Å². The Morgan fingerprint density at radius 1 is 0.838 bits per heavy atom. The Kier molecular flexibility index (Phi) is 12.2. The number of carbonyl (C=O) groups is 3. The Morgan fingerprint density at radius 2 is 1.57 bits per heavy atom. The van der Waals surface area contributed by atoms with Crippen LogP contribution < -0.4 is 20.1 Å². The zero-order valence-electron chi connectivity index (χ0n) is 37.4. The SMILES string of the molecule is CCCc1nc2c(C)cc(C(=O)NCc3ccc(Oc4ccc5nc(C(C)Oc6ccc(CC7SC(=O)NC7=O)cc6)[nH]c5c4)cc3)cc2n1Cc1ccc(-c2ccccc2-c2nn[nH]n2)cc1. The molecule has 10 rings (SSSR count). The number of imide groups is 1. The number of aromatic nitrogens is 8. The maximum absolute atomic E-state index is 13.7. The summed E-state index contributed by atoms with van der Waals surface area (Å²) in [6, 6.07) is 41.2. The zero-order valence-corrected chi connectivity index (χ0v) is 38.3. The average Bonchev–Trinajstić information content (AvgIpc) is 4.17. The van der Waals surface area contributed by atoms with E-state index in [2.05, 4.69) is 78.1 Å². The van der Waals surface area contributed by atoms with E-state index >= 15 is 0 Å². The number of fused-ring (bicyclic) bond motifs is 2. The summed E-state index contributed by atoms with van der Waals surface area (Å²) in [5, 5.41) is 19.4. The largest absolute Gasteiger partial charge is 0.483 e. The summed E-state index contributed by atoms with van der Waals surface area (Å²) in [7, 11) is 0. The highest BCUT2D eigenvalue weighted by atomic mass is 32.2. The topological polar surface area (TPSA) is 195 Å². The third-order valence-electron chi connectivity index (χ3n) is 11.9. The van der Waals surface area contributed by atoms with Gasteiger partial charge in [0, 0.05) is 36.7 Å². The number of thioether (sulfide) groups is 1. The molecule has 3 amide bonds. The van der Waals surface area contributed by atoms with Crippen molar-refractivity contribution in [1.29, 1.82) is 0 Å². The highest BCUT2D eigenvalue weighted by molar-refractivity contribution is 8.15. The highest BCUT2D eigenvalue weighted by Crippen LogP contribution is 2.32. The van der Waals surface area contributed by atoms with Crippen LogP contribution in [0.3, 0.4) is 0 Å². The summed E-state index contributed by atoms with van der Waals surface area (Å²) in [6.45, 7) is 7.02. The van der Waals surface area contributed by atoms with Crippen LogP contribution >= 0.6 is 11.8 Å². The second-order valence-corrected chi connectivity index (χ2v) is 17.9. The predicted octanol–water partition coefficient (Wildman–Crippen LogP) is 9.83. The van der Waals surface area contributed by atoms with Crippen molar-refractivity contribution in [2.24, 2.45) is 0 Å². The summed E-state index contributed by atoms with van der Waals surface area (Å²) < 4.78 is 14.6. The van der Waals surface area contributed by atoms with Gasteiger partial charge in [-0.3, -0.25) is 19.7 Å². The Labute approximate surface area is 395 Å². The molecule has 2 unspecified atom stereocenters. The molecule has 1 fully saturated rings. The number of imidazole rings is 2. The summed E-state index contributed by atoms with van der Waals surface area (Å²) in [5.74, 6) is 3.72. The van der Waals surface area contributed by atoms with Gasteiger partial charge in [-0.1, -0.05) is 91.5 Å². The molecule has 16 heteroatoms. The molecule has 68 heavy (non-hydrogen) atoms. The number of hydrogen-bond donors (Lipinski definition) is 4. The molecular weight excluding hydrogens is 877 g/mol. The second kappa shape index (κ2) is 19.0. The zero-order chi connectivity index (χ0) is 46.7. The van der Waals surface area contributed by atoms with E-state index in [1.165, 1.54) is 0 Å². The molecule has 1 saturated heterocycles. The van der Waals surface area contributed by atoms with E-state index < -0.39 is 5.25 Å². The average molecular weight is 923 g/mol. The quantitative estimate of drug-likeness (QED) is 0.0721. The van der Waals surface area contributed by atoms with E-state index in [1.54, 1.807) is 0 Å². The van der Waals surface area contributed by atoms with Crippen LogP contribution in [0.2, 0.25) is 0 Å². The minimum Gasteiger partial charge on any atom is -0.483 e. The van der Waals surface area contributed by atoms with E-state index in [0.717, 1.165) is 91.4 Å². The molecule has 3 aromatic heterocycles. The molecule has 4 N–H and O–H groups in total. The first-order valence-corrected chi connectivity index (χ1v) is 23.3. The molecule has 0 aliphatic carbocycles. The third kappa shape index (κ3) is 9.44. The Bertz CT molecular complexity index is 3290. The van der Waals surface area contributed by atoms with Gasteiger partial charge in [0.05, 0.1) is 27.3 Å². The first kappa shape index (κ1) is 43.8. The molecule has 6 aromatic carbocycles. The number of carbonyl (C=O) groups excluding carboxylic acids is 3. The number of ether oxygens (including phenoxy) is 2. The number of amides is 3. The molecule has 1 aliphatic rings. The summed E-state index contributed by atoms with van der Waals surface area (Å²) in [4.78, 5) is 50.3. The third-order valence-corrected chi connectivity index (χ3v) is 12.9. The number of nitrogens with zero attached hydrogens (tertiary/aromatic N) is 6. The van der Waals surface area contributed by atoms with Crippen LogP contribution in [0.4, 0.5) is 4.79 Å². The van der Waals surface area contributed by atoms with Gasteiger partial charge in [-0.05, 0) is 114 Å². The van der Waals surface area contributed by atoms with E-state index in [-0.39, 0.29) is 23.2 Å². The smallest absolute Gasteiger partial charge is 0.286 e. The lowest BCUT2D eigenvalue weighted by Crippen LogP contribution is -2.25. The fraction of sp³-hybridized carbons (Fsp3) is 0.192. The summed E-state index contributed by atoms with van der Waals surface area (Å²) >= 11 is 1.02. The lowest BCUT2D eigenvalue weighted by atomic mass is 9.98. The van der Waals surface area contributed by atoms with Crippen LogP contribution in [0.25, 0.3) is 44.6 Å². The maximum atomic E-state index is 13.7. The van der Waals surface area contributed by atoms with Crippen molar-refractivity contribution in [2.75, 3.05) is 0 Å². The highest BCUT2D eigenvalue weighted by Gasteiger charge is 2.31. The first-order valence-electron chi connectivity index (χ1n) is 22.4. The minimum absolute atomic E-state index is 0.167. The fourth-order valence-electron chi connectivity index (χ4n) is 8.41. The van der Waals surface area contributed by atoms with Gasteiger partial charge >= 0.3 is 0 Å². The van der Waals surface area contributed by atoms with Gasteiger partial charge in [0.25, 0.3) is 11.1 Å². The number of aryl methyl sites for hydroxylation is 2. The van der Waals surface area contributed by atoms with Crippen LogP contribution in [0.5, 0.6) is 17.2 Å². The normalized spacial score (nSPS) is 14.1. The molecule has 4 heterocycles. The molecule has 15 nitrogen and oxygen atoms in total. The van der Waals surface area contributed by atoms with Crippen molar-refractivity contribution in [3.05, 3.63) is 167 Å². The number of nitrogens with one attached hydrogen (secondary N) is 4. The first-order chi connectivity index (χ1) is 33.1. The monoisotopic (exact) mass is 922 g/mol. The Morgan fingerprint density at radius 3 is 2.31 bits per heavy atom. The van der Waals surface area contributed by atoms with Gasteiger partial charge in [0.1, 0.15) is 28.9 Å². The summed E-state index contributed by atoms with van der Waals surface area (Å²) in [6.07, 6.45) is 1.85. The molecule has 0 bridgehead atoms. The van der Waals surface area contributed by atoms with Crippen LogP contribution in [-0.4, -0.2) is 62.4 Å². The van der Waals surface area contributed by atoms with E-state index in [0.29, 0.717) is 54.0 Å². The molecule has 340 valence electrons. The van der Waals surface area contributed by atoms with Gasteiger partial charge < -0.3 is 24.3 Å². The van der Waals surface area contributed by atoms with E-state index in [1.807, 2.05) is 111 Å². The molecular formula is C52H46N10O5S.